The van der Waals surface area contributed by atoms with Crippen molar-refractivity contribution in [2.24, 2.45) is 5.41 Å². The first-order chi connectivity index (χ1) is 11.3. The number of para-hydroxylation sites is 1. The minimum absolute atomic E-state index is 0.00119. The lowest BCUT2D eigenvalue weighted by molar-refractivity contribution is -0.160. The third-order valence-electron chi connectivity index (χ3n) is 4.86. The van der Waals surface area contributed by atoms with Crippen LogP contribution in [-0.4, -0.2) is 43.1 Å². The smallest absolute Gasteiger partial charge is 0.321 e. The number of carbonyl (C=O) groups is 2. The first kappa shape index (κ1) is 16.8. The Hall–Kier alpha value is -2.04. The van der Waals surface area contributed by atoms with E-state index in [1.807, 2.05) is 18.2 Å². The third-order valence-corrected chi connectivity index (χ3v) is 4.86. The highest BCUT2D eigenvalue weighted by Crippen LogP contribution is 2.49. The van der Waals surface area contributed by atoms with Crippen molar-refractivity contribution in [1.82, 2.24) is 4.90 Å². The molecule has 24 heavy (non-hydrogen) atoms. The molecule has 0 aromatic heterocycles. The van der Waals surface area contributed by atoms with Crippen LogP contribution in [0.3, 0.4) is 0 Å². The molecule has 0 atom stereocenters. The Kier molecular flexibility index (Phi) is 4.06. The number of rotatable bonds is 4. The molecule has 1 aliphatic heterocycles. The van der Waals surface area contributed by atoms with Gasteiger partial charge in [-0.05, 0) is 29.9 Å². The van der Waals surface area contributed by atoms with Crippen LogP contribution in [0.2, 0.25) is 0 Å². The van der Waals surface area contributed by atoms with Crippen LogP contribution >= 0.6 is 0 Å². The summed E-state index contributed by atoms with van der Waals surface area (Å²) < 4.78 is 10.9. The van der Waals surface area contributed by atoms with Gasteiger partial charge in [-0.3, -0.25) is 9.59 Å². The second kappa shape index (κ2) is 5.80. The number of carbonyl (C=O) groups excluding carboxylic acids is 2. The molecule has 0 N–H and O–H groups in total. The zero-order chi connectivity index (χ0) is 17.5. The summed E-state index contributed by atoms with van der Waals surface area (Å²) in [6.45, 7) is 7.50. The molecule has 1 heterocycles. The van der Waals surface area contributed by atoms with Crippen molar-refractivity contribution < 1.29 is 19.1 Å². The highest BCUT2D eigenvalue weighted by atomic mass is 16.5. The van der Waals surface area contributed by atoms with Gasteiger partial charge in [0, 0.05) is 0 Å². The lowest BCUT2D eigenvalue weighted by Crippen LogP contribution is -2.59. The monoisotopic (exact) mass is 331 g/mol. The number of benzene rings is 1. The van der Waals surface area contributed by atoms with Crippen LogP contribution in [0.4, 0.5) is 0 Å². The van der Waals surface area contributed by atoms with Crippen molar-refractivity contribution in [2.45, 2.75) is 45.1 Å². The summed E-state index contributed by atoms with van der Waals surface area (Å²) in [5, 5.41) is 0. The van der Waals surface area contributed by atoms with E-state index in [9.17, 15) is 9.59 Å². The number of esters is 1. The lowest BCUT2D eigenvalue weighted by Gasteiger charge is -2.41. The Morgan fingerprint density at radius 1 is 1.17 bits per heavy atom. The van der Waals surface area contributed by atoms with E-state index >= 15 is 0 Å². The molecule has 130 valence electrons. The van der Waals surface area contributed by atoms with Gasteiger partial charge < -0.3 is 14.4 Å². The summed E-state index contributed by atoms with van der Waals surface area (Å²) >= 11 is 0. The van der Waals surface area contributed by atoms with Gasteiger partial charge in [0.15, 0.2) is 0 Å². The Labute approximate surface area is 142 Å². The van der Waals surface area contributed by atoms with Crippen LogP contribution in [-0.2, 0) is 19.7 Å². The Bertz CT molecular complexity index is 652. The van der Waals surface area contributed by atoms with Gasteiger partial charge in [0.05, 0.1) is 20.2 Å². The van der Waals surface area contributed by atoms with E-state index in [-0.39, 0.29) is 17.4 Å². The molecule has 2 aliphatic rings. The van der Waals surface area contributed by atoms with Gasteiger partial charge in [-0.2, -0.15) is 0 Å². The number of likely N-dealkylation sites (tertiary alicyclic amines) is 1. The van der Waals surface area contributed by atoms with Gasteiger partial charge in [0.2, 0.25) is 5.91 Å². The second-order valence-corrected chi connectivity index (χ2v) is 7.77. The summed E-state index contributed by atoms with van der Waals surface area (Å²) in [6, 6.07) is 8.02. The molecular weight excluding hydrogens is 306 g/mol. The fourth-order valence-electron chi connectivity index (χ4n) is 3.18. The van der Waals surface area contributed by atoms with Crippen LogP contribution in [0.15, 0.2) is 24.3 Å². The normalized spacial score (nSPS) is 19.4. The number of amides is 1. The molecule has 1 aromatic carbocycles. The third kappa shape index (κ3) is 2.87. The van der Waals surface area contributed by atoms with Crippen LogP contribution in [0.1, 0.15) is 39.2 Å². The zero-order valence-electron chi connectivity index (χ0n) is 14.8. The van der Waals surface area contributed by atoms with E-state index in [1.54, 1.807) is 4.90 Å². The number of methoxy groups -OCH3 is 1. The number of ether oxygens (including phenoxy) is 2. The van der Waals surface area contributed by atoms with Gasteiger partial charge in [-0.25, -0.2) is 0 Å². The largest absolute Gasteiger partial charge is 0.486 e. The fourth-order valence-corrected chi connectivity index (χ4v) is 3.18. The first-order valence-corrected chi connectivity index (χ1v) is 8.42. The fraction of sp³-hybridized carbons (Fsp3) is 0.579. The average molecular weight is 331 g/mol. The van der Waals surface area contributed by atoms with Gasteiger partial charge in [0.1, 0.15) is 17.3 Å². The Morgan fingerprint density at radius 2 is 1.79 bits per heavy atom. The average Bonchev–Trinajstić information content (AvgIpc) is 3.30. The molecule has 3 rings (SSSR count). The first-order valence-electron chi connectivity index (χ1n) is 8.42. The number of hydrogen-bond donors (Lipinski definition) is 0. The Balaban J connectivity index is 1.61. The van der Waals surface area contributed by atoms with E-state index in [0.717, 1.165) is 11.3 Å². The second-order valence-electron chi connectivity index (χ2n) is 7.77. The summed E-state index contributed by atoms with van der Waals surface area (Å²) in [4.78, 5) is 26.0. The van der Waals surface area contributed by atoms with Crippen molar-refractivity contribution in [3.8, 4) is 5.75 Å². The summed E-state index contributed by atoms with van der Waals surface area (Å²) in [7, 11) is 1.33. The summed E-state index contributed by atoms with van der Waals surface area (Å²) in [5.74, 6) is 0.351. The van der Waals surface area contributed by atoms with Gasteiger partial charge in [-0.1, -0.05) is 39.0 Å². The van der Waals surface area contributed by atoms with E-state index in [1.165, 1.54) is 7.11 Å². The van der Waals surface area contributed by atoms with E-state index in [2.05, 4.69) is 26.8 Å². The number of nitrogens with zero attached hydrogens (tertiary/aromatic N) is 1. The molecule has 0 spiro atoms. The predicted octanol–water partition coefficient (Wildman–Crippen LogP) is 2.53. The SMILES string of the molecule is COC(=O)C1(C(=O)N2CC(Oc3ccccc3C(C)(C)C)C2)CC1. The molecule has 1 saturated heterocycles. The van der Waals surface area contributed by atoms with Crippen LogP contribution in [0.25, 0.3) is 0 Å². The maximum Gasteiger partial charge on any atom is 0.321 e. The molecule has 2 fully saturated rings. The van der Waals surface area contributed by atoms with Crippen molar-refractivity contribution in [1.29, 1.82) is 0 Å². The summed E-state index contributed by atoms with van der Waals surface area (Å²) in [6.07, 6.45) is 1.16. The quantitative estimate of drug-likeness (QED) is 0.628. The molecule has 0 radical (unpaired) electrons. The topological polar surface area (TPSA) is 55.8 Å². The molecule has 0 unspecified atom stereocenters. The molecule has 0 bridgehead atoms. The highest BCUT2D eigenvalue weighted by Gasteiger charge is 2.60. The minimum atomic E-state index is -0.914. The van der Waals surface area contributed by atoms with Crippen LogP contribution in [0.5, 0.6) is 5.75 Å². The standard InChI is InChI=1S/C19H25NO4/c1-18(2,3)14-7-5-6-8-15(14)24-13-11-20(12-13)16(21)19(9-10-19)17(22)23-4/h5-8,13H,9-12H2,1-4H3. The van der Waals surface area contributed by atoms with Crippen molar-refractivity contribution >= 4 is 11.9 Å². The summed E-state index contributed by atoms with van der Waals surface area (Å²) in [5.41, 5.74) is 0.241. The predicted molar refractivity (Wildman–Crippen MR) is 89.8 cm³/mol. The lowest BCUT2D eigenvalue weighted by atomic mass is 9.86. The molecule has 5 nitrogen and oxygen atoms in total. The molecule has 1 aliphatic carbocycles. The molecule has 1 saturated carbocycles. The van der Waals surface area contributed by atoms with Gasteiger partial charge >= 0.3 is 5.97 Å². The molecule has 1 amide bonds. The van der Waals surface area contributed by atoms with Crippen molar-refractivity contribution in [3.63, 3.8) is 0 Å². The Morgan fingerprint density at radius 3 is 2.33 bits per heavy atom. The van der Waals surface area contributed by atoms with E-state index in [0.29, 0.717) is 25.9 Å². The van der Waals surface area contributed by atoms with E-state index < -0.39 is 11.4 Å². The van der Waals surface area contributed by atoms with Gasteiger partial charge in [0.25, 0.3) is 0 Å². The van der Waals surface area contributed by atoms with E-state index in [4.69, 9.17) is 9.47 Å². The highest BCUT2D eigenvalue weighted by molar-refractivity contribution is 6.05. The molecule has 5 heteroatoms. The zero-order valence-corrected chi connectivity index (χ0v) is 14.8. The minimum Gasteiger partial charge on any atom is -0.486 e. The maximum atomic E-state index is 12.5. The maximum absolute atomic E-state index is 12.5. The molecule has 1 aromatic rings. The van der Waals surface area contributed by atoms with Gasteiger partial charge in [-0.15, -0.1) is 0 Å². The van der Waals surface area contributed by atoms with Crippen LogP contribution < -0.4 is 4.74 Å². The van der Waals surface area contributed by atoms with Crippen molar-refractivity contribution in [2.75, 3.05) is 20.2 Å². The molecular formula is C19H25NO4. The number of hydrogen-bond acceptors (Lipinski definition) is 4. The van der Waals surface area contributed by atoms with Crippen molar-refractivity contribution in [3.05, 3.63) is 29.8 Å². The van der Waals surface area contributed by atoms with Crippen LogP contribution in [0, 0.1) is 5.41 Å².